The summed E-state index contributed by atoms with van der Waals surface area (Å²) in [6.07, 6.45) is 0. The van der Waals surface area contributed by atoms with E-state index in [9.17, 15) is 4.79 Å². The number of furan rings is 1. The van der Waals surface area contributed by atoms with Crippen LogP contribution in [0.3, 0.4) is 0 Å². The van der Waals surface area contributed by atoms with E-state index < -0.39 is 5.63 Å². The van der Waals surface area contributed by atoms with Crippen molar-refractivity contribution in [1.29, 1.82) is 0 Å². The molecule has 0 radical (unpaired) electrons. The quantitative estimate of drug-likeness (QED) is 0.400. The molecule has 0 fully saturated rings. The van der Waals surface area contributed by atoms with Gasteiger partial charge >= 0.3 is 5.63 Å². The first-order valence-corrected chi connectivity index (χ1v) is 9.16. The number of para-hydroxylation sites is 1. The van der Waals surface area contributed by atoms with Crippen LogP contribution in [-0.4, -0.2) is 5.54 Å². The highest BCUT2D eigenvalue weighted by Gasteiger charge is 2.25. The third-order valence-corrected chi connectivity index (χ3v) is 4.77. The highest BCUT2D eigenvalue weighted by Crippen LogP contribution is 2.42. The van der Waals surface area contributed by atoms with Gasteiger partial charge in [0.05, 0.1) is 10.9 Å². The molecule has 0 atom stereocenters. The average molecular weight is 412 g/mol. The molecule has 26 heavy (non-hydrogen) atoms. The first-order chi connectivity index (χ1) is 12.3. The summed E-state index contributed by atoms with van der Waals surface area (Å²) in [4.78, 5) is 12.8. The van der Waals surface area contributed by atoms with Crippen molar-refractivity contribution in [2.45, 2.75) is 26.3 Å². The first kappa shape index (κ1) is 16.9. The van der Waals surface area contributed by atoms with Gasteiger partial charge in [-0.25, -0.2) is 4.79 Å². The minimum atomic E-state index is -0.407. The molecular formula is C21H18BrNO3. The third-order valence-electron chi connectivity index (χ3n) is 4.08. The Labute approximate surface area is 158 Å². The highest BCUT2D eigenvalue weighted by molar-refractivity contribution is 9.10. The van der Waals surface area contributed by atoms with E-state index in [1.54, 1.807) is 6.07 Å². The molecule has 4 rings (SSSR count). The molecule has 0 saturated heterocycles. The number of rotatable bonds is 2. The minimum Gasteiger partial charge on any atom is -0.439 e. The average Bonchev–Trinajstić information content (AvgIpc) is 2.93. The first-order valence-electron chi connectivity index (χ1n) is 8.36. The van der Waals surface area contributed by atoms with Crippen LogP contribution in [0.2, 0.25) is 0 Å². The van der Waals surface area contributed by atoms with Crippen molar-refractivity contribution in [3.05, 3.63) is 63.4 Å². The van der Waals surface area contributed by atoms with E-state index in [0.717, 1.165) is 15.4 Å². The second-order valence-corrected chi connectivity index (χ2v) is 8.11. The third kappa shape index (κ3) is 2.82. The molecule has 0 amide bonds. The molecule has 0 unspecified atom stereocenters. The lowest BCUT2D eigenvalue weighted by molar-refractivity contribution is 0.557. The molecule has 2 aromatic carbocycles. The van der Waals surface area contributed by atoms with Crippen molar-refractivity contribution >= 4 is 43.8 Å². The lowest BCUT2D eigenvalue weighted by Gasteiger charge is -2.21. The number of anilines is 1. The number of hydrogen-bond donors (Lipinski definition) is 1. The molecule has 2 aromatic heterocycles. The Morgan fingerprint density at radius 3 is 2.38 bits per heavy atom. The Bertz CT molecular complexity index is 1180. The van der Waals surface area contributed by atoms with Gasteiger partial charge < -0.3 is 14.2 Å². The summed E-state index contributed by atoms with van der Waals surface area (Å²) in [6, 6.07) is 15.2. The summed E-state index contributed by atoms with van der Waals surface area (Å²) in [7, 11) is 0. The fraction of sp³-hybridized carbons (Fsp3) is 0.190. The number of nitrogens with one attached hydrogen (secondary N) is 1. The Hall–Kier alpha value is -2.53. The van der Waals surface area contributed by atoms with E-state index in [0.29, 0.717) is 28.0 Å². The van der Waals surface area contributed by atoms with Gasteiger partial charge in [-0.2, -0.15) is 0 Å². The van der Waals surface area contributed by atoms with Gasteiger partial charge in [-0.3, -0.25) is 0 Å². The zero-order valence-corrected chi connectivity index (χ0v) is 16.3. The van der Waals surface area contributed by atoms with Crippen LogP contribution >= 0.6 is 15.9 Å². The van der Waals surface area contributed by atoms with Crippen molar-refractivity contribution in [3.63, 3.8) is 0 Å². The van der Waals surface area contributed by atoms with Gasteiger partial charge in [0.1, 0.15) is 11.0 Å². The van der Waals surface area contributed by atoms with E-state index in [1.807, 2.05) is 63.2 Å². The predicted octanol–water partition coefficient (Wildman–Crippen LogP) is 6.18. The van der Waals surface area contributed by atoms with Crippen LogP contribution in [0.5, 0.6) is 0 Å². The normalized spacial score (nSPS) is 12.0. The fourth-order valence-corrected chi connectivity index (χ4v) is 3.54. The van der Waals surface area contributed by atoms with Gasteiger partial charge in [0.15, 0.2) is 5.58 Å². The summed E-state index contributed by atoms with van der Waals surface area (Å²) < 4.78 is 12.6. The van der Waals surface area contributed by atoms with Crippen molar-refractivity contribution in [2.24, 2.45) is 0 Å². The van der Waals surface area contributed by atoms with E-state index in [1.165, 1.54) is 0 Å². The second kappa shape index (κ2) is 6.02. The minimum absolute atomic E-state index is 0.236. The molecule has 0 aliphatic carbocycles. The predicted molar refractivity (Wildman–Crippen MR) is 109 cm³/mol. The molecular weight excluding hydrogens is 394 g/mol. The van der Waals surface area contributed by atoms with Crippen LogP contribution in [-0.2, 0) is 0 Å². The van der Waals surface area contributed by atoms with Gasteiger partial charge in [-0.1, -0.05) is 46.3 Å². The maximum atomic E-state index is 12.8. The molecule has 0 bridgehead atoms. The number of halogens is 1. The molecule has 132 valence electrons. The molecule has 0 aliphatic rings. The van der Waals surface area contributed by atoms with Crippen LogP contribution in [0.1, 0.15) is 20.8 Å². The summed E-state index contributed by atoms with van der Waals surface area (Å²) in [5.41, 5.74) is 1.99. The molecule has 0 saturated carbocycles. The molecule has 5 heteroatoms. The molecule has 4 nitrogen and oxygen atoms in total. The van der Waals surface area contributed by atoms with Gasteiger partial charge in [0.2, 0.25) is 5.88 Å². The van der Waals surface area contributed by atoms with Gasteiger partial charge in [-0.05, 0) is 39.0 Å². The van der Waals surface area contributed by atoms with Crippen LogP contribution in [0, 0.1) is 0 Å². The van der Waals surface area contributed by atoms with Gasteiger partial charge in [0.25, 0.3) is 0 Å². The summed E-state index contributed by atoms with van der Waals surface area (Å²) in [6.45, 7) is 6.14. The largest absolute Gasteiger partial charge is 0.439 e. The Morgan fingerprint density at radius 2 is 1.65 bits per heavy atom. The smallest absolute Gasteiger partial charge is 0.348 e. The standard InChI is InChI=1S/C21H18BrNO3/c1-21(2,3)23-19-16(12-8-4-6-10-14(12)22)17-18(26-19)13-9-5-7-11-15(13)25-20(17)24/h4-11,23H,1-3H3. The lowest BCUT2D eigenvalue weighted by atomic mass is 10.0. The Balaban J connectivity index is 2.17. The van der Waals surface area contributed by atoms with Crippen molar-refractivity contribution in [2.75, 3.05) is 5.32 Å². The molecule has 1 N–H and O–H groups in total. The highest BCUT2D eigenvalue weighted by atomic mass is 79.9. The zero-order chi connectivity index (χ0) is 18.5. The van der Waals surface area contributed by atoms with Crippen molar-refractivity contribution < 1.29 is 8.83 Å². The monoisotopic (exact) mass is 411 g/mol. The summed E-state index contributed by atoms with van der Waals surface area (Å²) in [5, 5.41) is 4.61. The summed E-state index contributed by atoms with van der Waals surface area (Å²) in [5.74, 6) is 0.558. The number of benzene rings is 2. The number of fused-ring (bicyclic) bond motifs is 3. The maximum absolute atomic E-state index is 12.8. The molecule has 4 aromatic rings. The van der Waals surface area contributed by atoms with E-state index in [4.69, 9.17) is 8.83 Å². The maximum Gasteiger partial charge on any atom is 0.348 e. The van der Waals surface area contributed by atoms with Gasteiger partial charge in [-0.15, -0.1) is 0 Å². The summed E-state index contributed by atoms with van der Waals surface area (Å²) >= 11 is 3.59. The van der Waals surface area contributed by atoms with Crippen LogP contribution < -0.4 is 10.9 Å². The van der Waals surface area contributed by atoms with E-state index in [-0.39, 0.29) is 5.54 Å². The van der Waals surface area contributed by atoms with E-state index >= 15 is 0 Å². The molecule has 0 aliphatic heterocycles. The molecule has 2 heterocycles. The molecule has 0 spiro atoms. The van der Waals surface area contributed by atoms with Crippen LogP contribution in [0.4, 0.5) is 5.88 Å². The topological polar surface area (TPSA) is 55.4 Å². The second-order valence-electron chi connectivity index (χ2n) is 7.25. The van der Waals surface area contributed by atoms with Gasteiger partial charge in [0, 0.05) is 15.6 Å². The van der Waals surface area contributed by atoms with E-state index in [2.05, 4.69) is 21.2 Å². The van der Waals surface area contributed by atoms with Crippen LogP contribution in [0.25, 0.3) is 33.1 Å². The Kier molecular flexibility index (Phi) is 3.92. The lowest BCUT2D eigenvalue weighted by Crippen LogP contribution is -2.26. The fourth-order valence-electron chi connectivity index (χ4n) is 3.06. The SMILES string of the molecule is CC(C)(C)Nc1oc2c(c1-c1ccccc1Br)c(=O)oc1ccccc12. The van der Waals surface area contributed by atoms with Crippen molar-refractivity contribution in [3.8, 4) is 11.1 Å². The van der Waals surface area contributed by atoms with Crippen LogP contribution in [0.15, 0.2) is 66.6 Å². The van der Waals surface area contributed by atoms with Crippen molar-refractivity contribution in [1.82, 2.24) is 0 Å². The zero-order valence-electron chi connectivity index (χ0n) is 14.7. The Morgan fingerprint density at radius 1 is 0.962 bits per heavy atom. The number of hydrogen-bond acceptors (Lipinski definition) is 4.